The third kappa shape index (κ3) is 4.33. The molecule has 0 saturated carbocycles. The Bertz CT molecular complexity index is 1060. The molecular formula is C23H24F3N3O2. The number of amides is 1. The van der Waals surface area contributed by atoms with Gasteiger partial charge in [-0.25, -0.2) is 0 Å². The van der Waals surface area contributed by atoms with E-state index < -0.39 is 11.7 Å². The average molecular weight is 431 g/mol. The van der Waals surface area contributed by atoms with E-state index in [2.05, 4.69) is 0 Å². The summed E-state index contributed by atoms with van der Waals surface area (Å²) in [5.41, 5.74) is 2.36. The van der Waals surface area contributed by atoms with Crippen molar-refractivity contribution in [3.63, 3.8) is 0 Å². The van der Waals surface area contributed by atoms with Gasteiger partial charge in [-0.15, -0.1) is 0 Å². The first kappa shape index (κ1) is 21.1. The molecule has 1 amide bonds. The molecule has 0 aliphatic carbocycles. The lowest BCUT2D eigenvalue weighted by Crippen LogP contribution is -2.49. The van der Waals surface area contributed by atoms with Gasteiger partial charge in [0, 0.05) is 43.3 Å². The van der Waals surface area contributed by atoms with Crippen LogP contribution in [0.4, 0.5) is 18.9 Å². The van der Waals surface area contributed by atoms with E-state index in [1.54, 1.807) is 17.2 Å². The molecule has 4 rings (SSSR count). The molecule has 5 nitrogen and oxygen atoms in total. The highest BCUT2D eigenvalue weighted by Crippen LogP contribution is 2.32. The van der Waals surface area contributed by atoms with Crippen LogP contribution in [0.3, 0.4) is 0 Å². The number of furan rings is 1. The summed E-state index contributed by atoms with van der Waals surface area (Å²) < 4.78 is 46.5. The van der Waals surface area contributed by atoms with Gasteiger partial charge in [0.25, 0.3) is 5.91 Å². The predicted octanol–water partition coefficient (Wildman–Crippen LogP) is 4.73. The zero-order valence-electron chi connectivity index (χ0n) is 17.4. The number of nitrogens with zero attached hydrogens (tertiary/aromatic N) is 3. The Morgan fingerprint density at radius 1 is 1.03 bits per heavy atom. The van der Waals surface area contributed by atoms with Gasteiger partial charge in [-0.1, -0.05) is 6.07 Å². The van der Waals surface area contributed by atoms with Crippen LogP contribution in [0.5, 0.6) is 0 Å². The number of alkyl halides is 3. The second-order valence-electron chi connectivity index (χ2n) is 7.78. The summed E-state index contributed by atoms with van der Waals surface area (Å²) in [6.45, 7) is 6.31. The maximum Gasteiger partial charge on any atom is 0.416 e. The van der Waals surface area contributed by atoms with Crippen LogP contribution in [0.15, 0.2) is 53.1 Å². The number of aryl methyl sites for hydroxylation is 1. The van der Waals surface area contributed by atoms with E-state index >= 15 is 0 Å². The van der Waals surface area contributed by atoms with Crippen molar-refractivity contribution in [1.29, 1.82) is 0 Å². The largest absolute Gasteiger partial charge is 0.467 e. The summed E-state index contributed by atoms with van der Waals surface area (Å²) in [7, 11) is 0. The molecule has 1 aromatic carbocycles. The summed E-state index contributed by atoms with van der Waals surface area (Å²) >= 11 is 0. The van der Waals surface area contributed by atoms with Crippen LogP contribution in [0, 0.1) is 13.8 Å². The summed E-state index contributed by atoms with van der Waals surface area (Å²) in [5, 5.41) is 0. The van der Waals surface area contributed by atoms with Crippen LogP contribution in [0.2, 0.25) is 0 Å². The fourth-order valence-corrected chi connectivity index (χ4v) is 4.04. The molecule has 0 atom stereocenters. The van der Waals surface area contributed by atoms with Crippen molar-refractivity contribution in [2.45, 2.75) is 26.6 Å². The molecule has 1 saturated heterocycles. The molecule has 0 bridgehead atoms. The van der Waals surface area contributed by atoms with Gasteiger partial charge in [0.2, 0.25) is 0 Å². The molecule has 0 radical (unpaired) electrons. The Morgan fingerprint density at radius 2 is 1.77 bits per heavy atom. The standard InChI is InChI=1S/C23H24F3N3O2/c1-16-13-21(17(2)29(16)15-20-7-4-12-31-20)22(30)28-10-8-27(9-11-28)19-6-3-5-18(14-19)23(24,25)26/h3-7,12-14H,8-11,15H2,1-2H3. The Hall–Kier alpha value is -3.16. The Balaban J connectivity index is 1.44. The third-order valence-corrected chi connectivity index (χ3v) is 5.80. The van der Waals surface area contributed by atoms with E-state index in [9.17, 15) is 18.0 Å². The lowest BCUT2D eigenvalue weighted by atomic mass is 10.1. The SMILES string of the molecule is Cc1cc(C(=O)N2CCN(c3cccc(C(F)(F)F)c3)CC2)c(C)n1Cc1ccco1. The van der Waals surface area contributed by atoms with Crippen LogP contribution < -0.4 is 4.90 Å². The molecule has 0 spiro atoms. The number of halogens is 3. The second-order valence-corrected chi connectivity index (χ2v) is 7.78. The van der Waals surface area contributed by atoms with E-state index in [0.29, 0.717) is 44.0 Å². The predicted molar refractivity (Wildman–Crippen MR) is 111 cm³/mol. The molecule has 31 heavy (non-hydrogen) atoms. The highest BCUT2D eigenvalue weighted by molar-refractivity contribution is 5.96. The van der Waals surface area contributed by atoms with Gasteiger partial charge in [0.05, 0.1) is 23.9 Å². The zero-order chi connectivity index (χ0) is 22.2. The van der Waals surface area contributed by atoms with Crippen molar-refractivity contribution >= 4 is 11.6 Å². The number of hydrogen-bond donors (Lipinski definition) is 0. The number of piperazine rings is 1. The molecule has 2 aromatic heterocycles. The maximum absolute atomic E-state index is 13.1. The van der Waals surface area contributed by atoms with E-state index in [4.69, 9.17) is 4.42 Å². The molecule has 1 aliphatic heterocycles. The Kier molecular flexibility index (Phi) is 5.56. The molecule has 3 heterocycles. The minimum atomic E-state index is -4.37. The molecule has 3 aromatic rings. The monoisotopic (exact) mass is 431 g/mol. The summed E-state index contributed by atoms with van der Waals surface area (Å²) in [6.07, 6.45) is -2.74. The smallest absolute Gasteiger partial charge is 0.416 e. The topological polar surface area (TPSA) is 41.6 Å². The van der Waals surface area contributed by atoms with E-state index in [1.165, 1.54) is 12.1 Å². The van der Waals surface area contributed by atoms with Crippen molar-refractivity contribution in [2.24, 2.45) is 0 Å². The number of carbonyl (C=O) groups excluding carboxylic acids is 1. The van der Waals surface area contributed by atoms with Crippen molar-refractivity contribution in [1.82, 2.24) is 9.47 Å². The molecule has 164 valence electrons. The van der Waals surface area contributed by atoms with Crippen molar-refractivity contribution in [2.75, 3.05) is 31.1 Å². The van der Waals surface area contributed by atoms with E-state index in [1.807, 2.05) is 41.5 Å². The molecule has 8 heteroatoms. The van der Waals surface area contributed by atoms with Gasteiger partial charge in [-0.3, -0.25) is 4.79 Å². The Morgan fingerprint density at radius 3 is 2.42 bits per heavy atom. The summed E-state index contributed by atoms with van der Waals surface area (Å²) in [4.78, 5) is 16.8. The van der Waals surface area contributed by atoms with Crippen LogP contribution in [0.1, 0.15) is 33.1 Å². The van der Waals surface area contributed by atoms with Crippen LogP contribution in [0.25, 0.3) is 0 Å². The first-order valence-electron chi connectivity index (χ1n) is 10.1. The van der Waals surface area contributed by atoms with Crippen molar-refractivity contribution in [3.05, 3.63) is 77.0 Å². The van der Waals surface area contributed by atoms with E-state index in [0.717, 1.165) is 23.2 Å². The van der Waals surface area contributed by atoms with Crippen molar-refractivity contribution < 1.29 is 22.4 Å². The van der Waals surface area contributed by atoms with Crippen LogP contribution >= 0.6 is 0 Å². The quantitative estimate of drug-likeness (QED) is 0.600. The number of aromatic nitrogens is 1. The molecule has 1 fully saturated rings. The van der Waals surface area contributed by atoms with Crippen LogP contribution in [-0.2, 0) is 12.7 Å². The molecule has 1 aliphatic rings. The summed E-state index contributed by atoms with van der Waals surface area (Å²) in [5.74, 6) is 0.762. The number of carbonyl (C=O) groups is 1. The van der Waals surface area contributed by atoms with Gasteiger partial charge in [-0.05, 0) is 50.2 Å². The first-order valence-corrected chi connectivity index (χ1v) is 10.1. The first-order chi connectivity index (χ1) is 14.7. The van der Waals surface area contributed by atoms with E-state index in [-0.39, 0.29) is 5.91 Å². The minimum absolute atomic E-state index is 0.0533. The lowest BCUT2D eigenvalue weighted by Gasteiger charge is -2.36. The lowest BCUT2D eigenvalue weighted by molar-refractivity contribution is -0.137. The fourth-order valence-electron chi connectivity index (χ4n) is 4.04. The third-order valence-electron chi connectivity index (χ3n) is 5.80. The Labute approximate surface area is 178 Å². The fraction of sp³-hybridized carbons (Fsp3) is 0.348. The minimum Gasteiger partial charge on any atom is -0.467 e. The molecular weight excluding hydrogens is 407 g/mol. The van der Waals surface area contributed by atoms with Gasteiger partial charge < -0.3 is 18.8 Å². The number of anilines is 1. The number of rotatable bonds is 4. The average Bonchev–Trinajstić information content (AvgIpc) is 3.37. The number of benzene rings is 1. The van der Waals surface area contributed by atoms with Gasteiger partial charge in [-0.2, -0.15) is 13.2 Å². The maximum atomic E-state index is 13.1. The molecule has 0 N–H and O–H groups in total. The highest BCUT2D eigenvalue weighted by Gasteiger charge is 2.31. The van der Waals surface area contributed by atoms with Gasteiger partial charge >= 0.3 is 6.18 Å². The van der Waals surface area contributed by atoms with Crippen molar-refractivity contribution in [3.8, 4) is 0 Å². The van der Waals surface area contributed by atoms with Gasteiger partial charge in [0.15, 0.2) is 0 Å². The number of hydrogen-bond acceptors (Lipinski definition) is 3. The zero-order valence-corrected chi connectivity index (χ0v) is 17.4. The highest BCUT2D eigenvalue weighted by atomic mass is 19.4. The normalized spacial score (nSPS) is 14.9. The van der Waals surface area contributed by atoms with Crippen LogP contribution in [-0.4, -0.2) is 41.6 Å². The second kappa shape index (κ2) is 8.17. The molecule has 0 unspecified atom stereocenters. The summed E-state index contributed by atoms with van der Waals surface area (Å²) in [6, 6.07) is 11.0. The van der Waals surface area contributed by atoms with Gasteiger partial charge in [0.1, 0.15) is 5.76 Å².